The Bertz CT molecular complexity index is 593. The summed E-state index contributed by atoms with van der Waals surface area (Å²) in [5.74, 6) is 0.916. The Morgan fingerprint density at radius 2 is 1.95 bits per heavy atom. The van der Waals surface area contributed by atoms with Gasteiger partial charge in [0.1, 0.15) is 11.5 Å². The molecule has 1 heterocycles. The molecule has 0 radical (unpaired) electrons. The molecule has 2 rings (SSSR count). The third-order valence-corrected chi connectivity index (χ3v) is 2.76. The van der Waals surface area contributed by atoms with Crippen LogP contribution in [0.15, 0.2) is 34.9 Å². The summed E-state index contributed by atoms with van der Waals surface area (Å²) in [5, 5.41) is 8.80. The van der Waals surface area contributed by atoms with E-state index >= 15 is 0 Å². The van der Waals surface area contributed by atoms with Crippen LogP contribution in [0.25, 0.3) is 0 Å². The van der Waals surface area contributed by atoms with Crippen LogP contribution >= 0.6 is 0 Å². The molecule has 2 aromatic rings. The van der Waals surface area contributed by atoms with Crippen LogP contribution < -0.4 is 4.74 Å². The zero-order valence-electron chi connectivity index (χ0n) is 11.7. The lowest BCUT2D eigenvalue weighted by atomic mass is 9.94. The van der Waals surface area contributed by atoms with Crippen molar-refractivity contribution in [3.63, 3.8) is 0 Å². The highest BCUT2D eigenvalue weighted by Gasteiger charge is 2.19. The van der Waals surface area contributed by atoms with Gasteiger partial charge in [0, 0.05) is 5.41 Å². The zero-order chi connectivity index (χ0) is 14.8. The van der Waals surface area contributed by atoms with Crippen molar-refractivity contribution in [3.8, 4) is 5.75 Å². The van der Waals surface area contributed by atoms with Crippen molar-refractivity contribution in [2.24, 2.45) is 0 Å². The van der Waals surface area contributed by atoms with E-state index < -0.39 is 5.97 Å². The summed E-state index contributed by atoms with van der Waals surface area (Å²) in [6, 6.07) is 6.20. The Labute approximate surface area is 117 Å². The minimum absolute atomic E-state index is 0.0889. The summed E-state index contributed by atoms with van der Waals surface area (Å²) in [6.45, 7) is 6.34. The number of carboxylic acids is 1. The van der Waals surface area contributed by atoms with Gasteiger partial charge >= 0.3 is 5.97 Å². The van der Waals surface area contributed by atoms with Gasteiger partial charge in [-0.05, 0) is 24.3 Å². The van der Waals surface area contributed by atoms with E-state index in [0.717, 1.165) is 5.76 Å². The Morgan fingerprint density at radius 1 is 1.30 bits per heavy atom. The maximum absolute atomic E-state index is 10.7. The van der Waals surface area contributed by atoms with Gasteiger partial charge in [-0.3, -0.25) is 0 Å². The monoisotopic (exact) mass is 275 g/mol. The molecule has 0 bridgehead atoms. The van der Waals surface area contributed by atoms with E-state index in [-0.39, 0.29) is 17.6 Å². The summed E-state index contributed by atoms with van der Waals surface area (Å²) < 4.78 is 11.1. The third kappa shape index (κ3) is 3.38. The highest BCUT2D eigenvalue weighted by molar-refractivity contribution is 5.87. The molecule has 1 N–H and O–H groups in total. The number of nitrogens with zero attached hydrogens (tertiary/aromatic N) is 1. The molecular formula is C15H17NO4. The van der Waals surface area contributed by atoms with Crippen molar-refractivity contribution >= 4 is 5.97 Å². The average Bonchev–Trinajstić information content (AvgIpc) is 2.85. The van der Waals surface area contributed by atoms with E-state index in [0.29, 0.717) is 11.6 Å². The minimum Gasteiger partial charge on any atom is -0.484 e. The van der Waals surface area contributed by atoms with Gasteiger partial charge in [-0.25, -0.2) is 9.78 Å². The first-order chi connectivity index (χ1) is 9.36. The van der Waals surface area contributed by atoms with Crippen LogP contribution in [0.4, 0.5) is 0 Å². The summed E-state index contributed by atoms with van der Waals surface area (Å²) >= 11 is 0. The molecule has 0 atom stereocenters. The number of ether oxygens (including phenoxy) is 1. The van der Waals surface area contributed by atoms with Gasteiger partial charge in [0.2, 0.25) is 5.89 Å². The molecule has 0 fully saturated rings. The molecule has 1 aromatic carbocycles. The zero-order valence-corrected chi connectivity index (χ0v) is 11.7. The normalized spacial score (nSPS) is 11.3. The van der Waals surface area contributed by atoms with Crippen LogP contribution in [0.5, 0.6) is 5.75 Å². The average molecular weight is 275 g/mol. The molecule has 0 saturated heterocycles. The fourth-order valence-electron chi connectivity index (χ4n) is 1.56. The predicted octanol–water partition coefficient (Wildman–Crippen LogP) is 3.25. The Hall–Kier alpha value is -2.30. The quantitative estimate of drug-likeness (QED) is 0.927. The minimum atomic E-state index is -0.959. The number of oxazole rings is 1. The molecule has 1 aromatic heterocycles. The largest absolute Gasteiger partial charge is 0.484 e. The van der Waals surface area contributed by atoms with Crippen LogP contribution in [0.1, 0.15) is 42.8 Å². The number of carbonyl (C=O) groups is 1. The molecule has 106 valence electrons. The lowest BCUT2D eigenvalue weighted by Crippen LogP contribution is -2.09. The van der Waals surface area contributed by atoms with E-state index in [1.165, 1.54) is 12.1 Å². The highest BCUT2D eigenvalue weighted by Crippen LogP contribution is 2.23. The second-order valence-corrected chi connectivity index (χ2v) is 5.49. The van der Waals surface area contributed by atoms with Crippen molar-refractivity contribution in [3.05, 3.63) is 47.7 Å². The maximum Gasteiger partial charge on any atom is 0.335 e. The number of rotatable bonds is 4. The van der Waals surface area contributed by atoms with Crippen LogP contribution in [0.3, 0.4) is 0 Å². The number of aromatic nitrogens is 1. The van der Waals surface area contributed by atoms with Crippen molar-refractivity contribution < 1.29 is 19.1 Å². The fourth-order valence-corrected chi connectivity index (χ4v) is 1.56. The number of hydrogen-bond donors (Lipinski definition) is 1. The SMILES string of the molecule is CC(C)(C)c1cnc(COc2ccc(C(=O)O)cc2)o1. The Morgan fingerprint density at radius 3 is 2.45 bits per heavy atom. The number of hydrogen-bond acceptors (Lipinski definition) is 4. The van der Waals surface area contributed by atoms with Gasteiger partial charge < -0.3 is 14.3 Å². The molecule has 20 heavy (non-hydrogen) atoms. The molecule has 5 heteroatoms. The molecular weight excluding hydrogens is 258 g/mol. The van der Waals surface area contributed by atoms with E-state index in [2.05, 4.69) is 4.98 Å². The first-order valence-electron chi connectivity index (χ1n) is 6.27. The van der Waals surface area contributed by atoms with Gasteiger partial charge in [0.05, 0.1) is 11.8 Å². The van der Waals surface area contributed by atoms with Gasteiger partial charge in [0.25, 0.3) is 0 Å². The van der Waals surface area contributed by atoms with Crippen LogP contribution in [-0.2, 0) is 12.0 Å². The Kier molecular flexibility index (Phi) is 3.79. The molecule has 0 aliphatic heterocycles. The third-order valence-electron chi connectivity index (χ3n) is 2.76. The molecule has 0 unspecified atom stereocenters. The van der Waals surface area contributed by atoms with Crippen molar-refractivity contribution in [1.29, 1.82) is 0 Å². The first kappa shape index (κ1) is 14.1. The molecule has 0 saturated carbocycles. The lowest BCUT2D eigenvalue weighted by Gasteiger charge is -2.13. The number of aromatic carboxylic acids is 1. The van der Waals surface area contributed by atoms with Crippen LogP contribution in [-0.4, -0.2) is 16.1 Å². The van der Waals surface area contributed by atoms with Gasteiger partial charge in [0.15, 0.2) is 6.61 Å². The number of carboxylic acid groups (broad SMARTS) is 1. The second-order valence-electron chi connectivity index (χ2n) is 5.49. The van der Waals surface area contributed by atoms with Crippen molar-refractivity contribution in [2.75, 3.05) is 0 Å². The lowest BCUT2D eigenvalue weighted by molar-refractivity contribution is 0.0697. The van der Waals surface area contributed by atoms with Crippen LogP contribution in [0.2, 0.25) is 0 Å². The maximum atomic E-state index is 10.7. The van der Waals surface area contributed by atoms with Crippen molar-refractivity contribution in [1.82, 2.24) is 4.98 Å². The number of benzene rings is 1. The van der Waals surface area contributed by atoms with Crippen LogP contribution in [0, 0.1) is 0 Å². The van der Waals surface area contributed by atoms with Gasteiger partial charge in [-0.1, -0.05) is 20.8 Å². The first-order valence-corrected chi connectivity index (χ1v) is 6.27. The topological polar surface area (TPSA) is 72.6 Å². The summed E-state index contributed by atoms with van der Waals surface area (Å²) in [7, 11) is 0. The van der Waals surface area contributed by atoms with E-state index in [1.807, 2.05) is 20.8 Å². The molecule has 5 nitrogen and oxygen atoms in total. The molecule has 0 amide bonds. The second kappa shape index (κ2) is 5.36. The summed E-state index contributed by atoms with van der Waals surface area (Å²) in [4.78, 5) is 14.9. The summed E-state index contributed by atoms with van der Waals surface area (Å²) in [5.41, 5.74) is 0.137. The Balaban J connectivity index is 1.98. The van der Waals surface area contributed by atoms with E-state index in [1.54, 1.807) is 18.3 Å². The van der Waals surface area contributed by atoms with Gasteiger partial charge in [-0.2, -0.15) is 0 Å². The van der Waals surface area contributed by atoms with E-state index in [4.69, 9.17) is 14.3 Å². The molecule has 0 aliphatic carbocycles. The standard InChI is InChI=1S/C15H17NO4/c1-15(2,3)12-8-16-13(20-12)9-19-11-6-4-10(5-7-11)14(17)18/h4-8H,9H2,1-3H3,(H,17,18). The molecule has 0 spiro atoms. The highest BCUT2D eigenvalue weighted by atomic mass is 16.5. The fraction of sp³-hybridized carbons (Fsp3) is 0.333. The predicted molar refractivity (Wildman–Crippen MR) is 72.9 cm³/mol. The summed E-state index contributed by atoms with van der Waals surface area (Å²) in [6.07, 6.45) is 1.70. The van der Waals surface area contributed by atoms with E-state index in [9.17, 15) is 4.79 Å². The molecule has 0 aliphatic rings. The smallest absolute Gasteiger partial charge is 0.335 e. The van der Waals surface area contributed by atoms with Crippen molar-refractivity contribution in [2.45, 2.75) is 32.8 Å². The van der Waals surface area contributed by atoms with Gasteiger partial charge in [-0.15, -0.1) is 0 Å².